The Morgan fingerprint density at radius 2 is 1.96 bits per heavy atom. The van der Waals surface area contributed by atoms with Gasteiger partial charge in [-0.25, -0.2) is 9.97 Å². The highest BCUT2D eigenvalue weighted by atomic mass is 16.5. The van der Waals surface area contributed by atoms with Crippen LogP contribution in [0.2, 0.25) is 0 Å². The first-order valence-corrected chi connectivity index (χ1v) is 9.47. The third-order valence-electron chi connectivity index (χ3n) is 6.56. The average Bonchev–Trinajstić information content (AvgIpc) is 2.49. The molecule has 0 aromatic carbocycles. The van der Waals surface area contributed by atoms with E-state index in [0.717, 1.165) is 30.4 Å². The number of nitrogens with one attached hydrogen (secondary N) is 1. The van der Waals surface area contributed by atoms with Gasteiger partial charge in [0, 0.05) is 49.5 Å². The summed E-state index contributed by atoms with van der Waals surface area (Å²) in [5.74, 6) is 1.97. The molecule has 1 aromatic heterocycles. The molecule has 1 saturated heterocycles. The Bertz CT molecular complexity index is 573. The molecule has 2 atom stereocenters. The van der Waals surface area contributed by atoms with Crippen molar-refractivity contribution < 1.29 is 4.74 Å². The number of nitrogens with zero attached hydrogens (tertiary/aromatic N) is 3. The zero-order chi connectivity index (χ0) is 16.7. The highest BCUT2D eigenvalue weighted by Crippen LogP contribution is 2.57. The maximum Gasteiger partial charge on any atom is 0.132 e. The Labute approximate surface area is 145 Å². The van der Waals surface area contributed by atoms with Gasteiger partial charge < -0.3 is 15.0 Å². The second-order valence-electron chi connectivity index (χ2n) is 7.94. The summed E-state index contributed by atoms with van der Waals surface area (Å²) in [6.45, 7) is 6.20. The van der Waals surface area contributed by atoms with E-state index in [1.54, 1.807) is 0 Å². The van der Waals surface area contributed by atoms with Gasteiger partial charge in [-0.2, -0.15) is 0 Å². The van der Waals surface area contributed by atoms with Gasteiger partial charge in [-0.05, 0) is 46.0 Å². The molecule has 0 radical (unpaired) electrons. The molecule has 24 heavy (non-hydrogen) atoms. The van der Waals surface area contributed by atoms with Gasteiger partial charge >= 0.3 is 0 Å². The van der Waals surface area contributed by atoms with Crippen LogP contribution in [-0.4, -0.2) is 48.4 Å². The summed E-state index contributed by atoms with van der Waals surface area (Å²) in [6.07, 6.45) is 8.17. The Balaban J connectivity index is 1.32. The molecule has 0 bridgehead atoms. The van der Waals surface area contributed by atoms with Crippen molar-refractivity contribution in [1.82, 2.24) is 15.3 Å². The Kier molecular flexibility index (Phi) is 4.25. The second kappa shape index (κ2) is 6.26. The van der Waals surface area contributed by atoms with E-state index < -0.39 is 0 Å². The number of anilines is 1. The predicted octanol–water partition coefficient (Wildman–Crippen LogP) is 2.61. The van der Waals surface area contributed by atoms with E-state index >= 15 is 0 Å². The van der Waals surface area contributed by atoms with E-state index in [4.69, 9.17) is 4.74 Å². The highest BCUT2D eigenvalue weighted by molar-refractivity contribution is 5.40. The topological polar surface area (TPSA) is 50.3 Å². The van der Waals surface area contributed by atoms with Crippen LogP contribution in [0.3, 0.4) is 0 Å². The molecule has 2 aliphatic carbocycles. The van der Waals surface area contributed by atoms with Crippen LogP contribution in [0, 0.1) is 19.3 Å². The molecule has 5 nitrogen and oxygen atoms in total. The largest absolute Gasteiger partial charge is 0.381 e. The fourth-order valence-corrected chi connectivity index (χ4v) is 4.99. The molecule has 1 spiro atoms. The number of rotatable bonds is 4. The van der Waals surface area contributed by atoms with Gasteiger partial charge in [0.25, 0.3) is 0 Å². The van der Waals surface area contributed by atoms with Crippen molar-refractivity contribution in [2.75, 3.05) is 25.1 Å². The molecule has 3 fully saturated rings. The van der Waals surface area contributed by atoms with Crippen LogP contribution >= 0.6 is 0 Å². The fraction of sp³-hybridized carbons (Fsp3) is 0.789. The molecule has 0 unspecified atom stereocenters. The van der Waals surface area contributed by atoms with Crippen LogP contribution in [0.1, 0.15) is 50.0 Å². The monoisotopic (exact) mass is 330 g/mol. The minimum Gasteiger partial charge on any atom is -0.381 e. The average molecular weight is 330 g/mol. The predicted molar refractivity (Wildman–Crippen MR) is 95.4 cm³/mol. The van der Waals surface area contributed by atoms with Crippen molar-refractivity contribution in [3.05, 3.63) is 17.6 Å². The first kappa shape index (κ1) is 16.3. The van der Waals surface area contributed by atoms with Crippen molar-refractivity contribution in [2.24, 2.45) is 5.41 Å². The molecule has 2 saturated carbocycles. The summed E-state index contributed by atoms with van der Waals surface area (Å²) >= 11 is 0. The third kappa shape index (κ3) is 2.72. The van der Waals surface area contributed by atoms with E-state index in [2.05, 4.69) is 26.3 Å². The molecule has 1 aliphatic heterocycles. The van der Waals surface area contributed by atoms with Crippen LogP contribution in [0.25, 0.3) is 0 Å². The van der Waals surface area contributed by atoms with Gasteiger partial charge in [-0.3, -0.25) is 0 Å². The lowest BCUT2D eigenvalue weighted by molar-refractivity contribution is -0.164. The maximum atomic E-state index is 5.70. The van der Waals surface area contributed by atoms with Crippen LogP contribution in [0.5, 0.6) is 0 Å². The maximum absolute atomic E-state index is 5.70. The summed E-state index contributed by atoms with van der Waals surface area (Å²) in [4.78, 5) is 11.4. The van der Waals surface area contributed by atoms with Crippen molar-refractivity contribution in [2.45, 2.75) is 70.6 Å². The van der Waals surface area contributed by atoms with E-state index in [1.807, 2.05) is 21.0 Å². The summed E-state index contributed by atoms with van der Waals surface area (Å²) in [6, 6.07) is 3.43. The lowest BCUT2D eigenvalue weighted by Crippen LogP contribution is -2.68. The molecule has 5 heteroatoms. The number of piperidine rings is 1. The van der Waals surface area contributed by atoms with Gasteiger partial charge in [0.2, 0.25) is 0 Å². The number of methoxy groups -OCH3 is 1. The standard InChI is InChI=1S/C19H30N4O/c1-13-11-18(21-14(2)20-13)23-9-5-15(6-10-23)22-16-12-17(24-3)19(16)7-4-8-19/h11,15-17,22H,4-10,12H2,1-3H3/t16-,17-/m1/s1. The zero-order valence-electron chi connectivity index (χ0n) is 15.2. The quantitative estimate of drug-likeness (QED) is 0.920. The lowest BCUT2D eigenvalue weighted by atomic mass is 9.51. The van der Waals surface area contributed by atoms with Crippen molar-refractivity contribution in [3.8, 4) is 0 Å². The minimum absolute atomic E-state index is 0.465. The van der Waals surface area contributed by atoms with Crippen LogP contribution in [-0.2, 0) is 4.74 Å². The first-order chi connectivity index (χ1) is 11.6. The lowest BCUT2D eigenvalue weighted by Gasteiger charge is -2.61. The van der Waals surface area contributed by atoms with Gasteiger partial charge in [0.1, 0.15) is 11.6 Å². The SMILES string of the molecule is CO[C@@H]1C[C@@H](NC2CCN(c3cc(C)nc(C)n3)CC2)C12CCC2. The van der Waals surface area contributed by atoms with Gasteiger partial charge in [-0.1, -0.05) is 6.42 Å². The number of aromatic nitrogens is 2. The molecule has 4 rings (SSSR count). The van der Waals surface area contributed by atoms with Crippen molar-refractivity contribution in [1.29, 1.82) is 0 Å². The van der Waals surface area contributed by atoms with Crippen LogP contribution in [0.15, 0.2) is 6.07 Å². The Morgan fingerprint density at radius 3 is 2.54 bits per heavy atom. The molecule has 132 valence electrons. The number of aryl methyl sites for hydroxylation is 2. The molecule has 1 N–H and O–H groups in total. The normalized spacial score (nSPS) is 29.4. The van der Waals surface area contributed by atoms with Crippen molar-refractivity contribution >= 4 is 5.82 Å². The molecule has 0 amide bonds. The van der Waals surface area contributed by atoms with E-state index in [9.17, 15) is 0 Å². The fourth-order valence-electron chi connectivity index (χ4n) is 4.99. The van der Waals surface area contributed by atoms with Crippen LogP contribution in [0.4, 0.5) is 5.82 Å². The van der Waals surface area contributed by atoms with Crippen molar-refractivity contribution in [3.63, 3.8) is 0 Å². The van der Waals surface area contributed by atoms with Gasteiger partial charge in [-0.15, -0.1) is 0 Å². The second-order valence-corrected chi connectivity index (χ2v) is 7.94. The van der Waals surface area contributed by atoms with E-state index in [0.29, 0.717) is 23.6 Å². The van der Waals surface area contributed by atoms with Gasteiger partial charge in [0.15, 0.2) is 0 Å². The third-order valence-corrected chi connectivity index (χ3v) is 6.56. The first-order valence-electron chi connectivity index (χ1n) is 9.47. The van der Waals surface area contributed by atoms with E-state index in [1.165, 1.54) is 38.5 Å². The summed E-state index contributed by atoms with van der Waals surface area (Å²) in [5.41, 5.74) is 1.52. The molecular formula is C19H30N4O. The Hall–Kier alpha value is -1.20. The van der Waals surface area contributed by atoms with Crippen LogP contribution < -0.4 is 10.2 Å². The number of hydrogen-bond donors (Lipinski definition) is 1. The van der Waals surface area contributed by atoms with Gasteiger partial charge in [0.05, 0.1) is 6.10 Å². The number of ether oxygens (including phenoxy) is 1. The highest BCUT2D eigenvalue weighted by Gasteiger charge is 2.58. The summed E-state index contributed by atoms with van der Waals surface area (Å²) < 4.78 is 5.70. The zero-order valence-corrected chi connectivity index (χ0v) is 15.2. The molecule has 1 aromatic rings. The number of hydrogen-bond acceptors (Lipinski definition) is 5. The molecule has 3 aliphatic rings. The molecule has 2 heterocycles. The summed E-state index contributed by atoms with van der Waals surface area (Å²) in [7, 11) is 1.88. The Morgan fingerprint density at radius 1 is 1.21 bits per heavy atom. The minimum atomic E-state index is 0.465. The smallest absolute Gasteiger partial charge is 0.132 e. The molecular weight excluding hydrogens is 300 g/mol. The van der Waals surface area contributed by atoms with E-state index in [-0.39, 0.29) is 0 Å². The summed E-state index contributed by atoms with van der Waals surface area (Å²) in [5, 5.41) is 3.97.